The number of benzene rings is 1. The Morgan fingerprint density at radius 3 is 2.65 bits per heavy atom. The van der Waals surface area contributed by atoms with E-state index in [1.54, 1.807) is 0 Å². The number of thioether (sulfide) groups is 1. The lowest BCUT2D eigenvalue weighted by molar-refractivity contribution is 0.380. The predicted molar refractivity (Wildman–Crippen MR) is 77.4 cm³/mol. The molecule has 0 saturated carbocycles. The fraction of sp³-hybridized carbons (Fsp3) is 0.538. The molecule has 1 aliphatic rings. The summed E-state index contributed by atoms with van der Waals surface area (Å²) in [7, 11) is 0. The molecule has 0 radical (unpaired) electrons. The van der Waals surface area contributed by atoms with Crippen molar-refractivity contribution in [2.75, 3.05) is 6.54 Å². The summed E-state index contributed by atoms with van der Waals surface area (Å²) in [5, 5.41) is 5.61. The standard InChI is InChI=1S/C13H17Cl2NS/c1-4-16-13-7(2)8(3)17-11-6-9(14)5-10(15)12(11)13/h5-8,13,16H,4H2,1-3H3. The van der Waals surface area contributed by atoms with E-state index in [1.807, 2.05) is 23.9 Å². The summed E-state index contributed by atoms with van der Waals surface area (Å²) in [4.78, 5) is 1.22. The Bertz CT molecular complexity index is 422. The van der Waals surface area contributed by atoms with Crippen molar-refractivity contribution in [1.82, 2.24) is 5.32 Å². The van der Waals surface area contributed by atoms with Gasteiger partial charge in [-0.2, -0.15) is 0 Å². The molecular weight excluding hydrogens is 273 g/mol. The summed E-state index contributed by atoms with van der Waals surface area (Å²) in [5.74, 6) is 0.561. The van der Waals surface area contributed by atoms with Gasteiger partial charge in [-0.25, -0.2) is 0 Å². The SMILES string of the molecule is CCNC1c2c(Cl)cc(Cl)cc2SC(C)C1C. The Labute approximate surface area is 117 Å². The number of nitrogens with one attached hydrogen (secondary N) is 1. The van der Waals surface area contributed by atoms with E-state index >= 15 is 0 Å². The molecule has 0 bridgehead atoms. The van der Waals surface area contributed by atoms with E-state index < -0.39 is 0 Å². The zero-order chi connectivity index (χ0) is 12.6. The third-order valence-electron chi connectivity index (χ3n) is 3.37. The van der Waals surface area contributed by atoms with Crippen molar-refractivity contribution in [3.05, 3.63) is 27.7 Å². The summed E-state index contributed by atoms with van der Waals surface area (Å²) in [5.41, 5.74) is 1.22. The maximum Gasteiger partial charge on any atom is 0.0479 e. The van der Waals surface area contributed by atoms with Gasteiger partial charge < -0.3 is 5.32 Å². The average molecular weight is 290 g/mol. The molecule has 0 spiro atoms. The molecule has 0 fully saturated rings. The van der Waals surface area contributed by atoms with Crippen molar-refractivity contribution in [1.29, 1.82) is 0 Å². The van der Waals surface area contributed by atoms with Crippen LogP contribution in [0.2, 0.25) is 10.0 Å². The van der Waals surface area contributed by atoms with Crippen LogP contribution in [0.15, 0.2) is 17.0 Å². The van der Waals surface area contributed by atoms with Crippen LogP contribution < -0.4 is 5.32 Å². The summed E-state index contributed by atoms with van der Waals surface area (Å²) >= 11 is 14.3. The highest BCUT2D eigenvalue weighted by Gasteiger charge is 2.33. The molecule has 1 aromatic carbocycles. The minimum absolute atomic E-state index is 0.330. The largest absolute Gasteiger partial charge is 0.310 e. The van der Waals surface area contributed by atoms with Crippen molar-refractivity contribution in [3.8, 4) is 0 Å². The molecular formula is C13H17Cl2NS. The van der Waals surface area contributed by atoms with E-state index in [1.165, 1.54) is 10.5 Å². The molecule has 1 aliphatic heterocycles. The van der Waals surface area contributed by atoms with E-state index in [0.717, 1.165) is 16.6 Å². The lowest BCUT2D eigenvalue weighted by Crippen LogP contribution is -2.34. The second kappa shape index (κ2) is 5.40. The second-order valence-electron chi connectivity index (χ2n) is 4.52. The zero-order valence-corrected chi connectivity index (χ0v) is 12.6. The molecule has 0 saturated heterocycles. The first-order valence-corrected chi connectivity index (χ1v) is 7.57. The van der Waals surface area contributed by atoms with Gasteiger partial charge in [0.1, 0.15) is 0 Å². The third kappa shape index (κ3) is 2.60. The van der Waals surface area contributed by atoms with E-state index in [2.05, 4.69) is 26.1 Å². The summed E-state index contributed by atoms with van der Waals surface area (Å²) in [6, 6.07) is 4.20. The third-order valence-corrected chi connectivity index (χ3v) is 5.29. The van der Waals surface area contributed by atoms with E-state index in [9.17, 15) is 0 Å². The first-order valence-electron chi connectivity index (χ1n) is 5.93. The quantitative estimate of drug-likeness (QED) is 0.841. The van der Waals surface area contributed by atoms with Crippen molar-refractivity contribution >= 4 is 35.0 Å². The lowest BCUT2D eigenvalue weighted by atomic mass is 9.91. The lowest BCUT2D eigenvalue weighted by Gasteiger charge is -2.36. The zero-order valence-electron chi connectivity index (χ0n) is 10.3. The van der Waals surface area contributed by atoms with Gasteiger partial charge in [0.25, 0.3) is 0 Å². The van der Waals surface area contributed by atoms with Crippen LogP contribution in [0.3, 0.4) is 0 Å². The van der Waals surface area contributed by atoms with E-state index in [-0.39, 0.29) is 0 Å². The van der Waals surface area contributed by atoms with Crippen LogP contribution in [0.5, 0.6) is 0 Å². The molecule has 17 heavy (non-hydrogen) atoms. The number of fused-ring (bicyclic) bond motifs is 1. The maximum atomic E-state index is 6.35. The fourth-order valence-corrected chi connectivity index (χ4v) is 4.37. The van der Waals surface area contributed by atoms with Crippen LogP contribution >= 0.6 is 35.0 Å². The normalized spacial score (nSPS) is 27.9. The number of halogens is 2. The van der Waals surface area contributed by atoms with Gasteiger partial charge >= 0.3 is 0 Å². The van der Waals surface area contributed by atoms with Gasteiger partial charge in [0, 0.05) is 31.8 Å². The molecule has 2 rings (SSSR count). The molecule has 1 aromatic rings. The first-order chi connectivity index (χ1) is 8.04. The maximum absolute atomic E-state index is 6.35. The summed E-state index contributed by atoms with van der Waals surface area (Å²) < 4.78 is 0. The van der Waals surface area contributed by atoms with Gasteiger partial charge in [-0.1, -0.05) is 44.0 Å². The van der Waals surface area contributed by atoms with E-state index in [4.69, 9.17) is 23.2 Å². The van der Waals surface area contributed by atoms with E-state index in [0.29, 0.717) is 17.2 Å². The second-order valence-corrected chi connectivity index (χ2v) is 6.78. The molecule has 0 amide bonds. The highest BCUT2D eigenvalue weighted by atomic mass is 35.5. The predicted octanol–water partition coefficient (Wildman–Crippen LogP) is 4.77. The molecule has 1 nitrogen and oxygen atoms in total. The Morgan fingerprint density at radius 1 is 1.29 bits per heavy atom. The van der Waals surface area contributed by atoms with Gasteiger partial charge in [-0.3, -0.25) is 0 Å². The van der Waals surface area contributed by atoms with Crippen molar-refractivity contribution < 1.29 is 0 Å². The molecule has 3 atom stereocenters. The number of hydrogen-bond acceptors (Lipinski definition) is 2. The molecule has 0 aromatic heterocycles. The Morgan fingerprint density at radius 2 is 2.00 bits per heavy atom. The van der Waals surface area contributed by atoms with Crippen LogP contribution in [0.4, 0.5) is 0 Å². The molecule has 4 heteroatoms. The minimum atomic E-state index is 0.330. The molecule has 0 aliphatic carbocycles. The fourth-order valence-electron chi connectivity index (χ4n) is 2.31. The monoisotopic (exact) mass is 289 g/mol. The van der Waals surface area contributed by atoms with Gasteiger partial charge in [0.2, 0.25) is 0 Å². The van der Waals surface area contributed by atoms with Crippen molar-refractivity contribution in [2.24, 2.45) is 5.92 Å². The smallest absolute Gasteiger partial charge is 0.0479 e. The Kier molecular flexibility index (Phi) is 4.30. The highest BCUT2D eigenvalue weighted by Crippen LogP contribution is 2.47. The van der Waals surface area contributed by atoms with Crippen molar-refractivity contribution in [2.45, 2.75) is 37.0 Å². The van der Waals surface area contributed by atoms with Crippen molar-refractivity contribution in [3.63, 3.8) is 0 Å². The van der Waals surface area contributed by atoms with Gasteiger partial charge in [0.05, 0.1) is 0 Å². The first kappa shape index (κ1) is 13.5. The van der Waals surface area contributed by atoms with Gasteiger partial charge in [0.15, 0.2) is 0 Å². The minimum Gasteiger partial charge on any atom is -0.310 e. The molecule has 1 N–H and O–H groups in total. The highest BCUT2D eigenvalue weighted by molar-refractivity contribution is 8.00. The van der Waals surface area contributed by atoms with Crippen LogP contribution in [0, 0.1) is 5.92 Å². The van der Waals surface area contributed by atoms with Crippen LogP contribution in [-0.2, 0) is 0 Å². The molecule has 94 valence electrons. The Balaban J connectivity index is 2.50. The van der Waals surface area contributed by atoms with Gasteiger partial charge in [-0.15, -0.1) is 11.8 Å². The van der Waals surface area contributed by atoms with Crippen LogP contribution in [0.1, 0.15) is 32.4 Å². The van der Waals surface area contributed by atoms with Crippen LogP contribution in [-0.4, -0.2) is 11.8 Å². The van der Waals surface area contributed by atoms with Crippen LogP contribution in [0.25, 0.3) is 0 Å². The average Bonchev–Trinajstić information content (AvgIpc) is 2.24. The number of rotatable bonds is 2. The Hall–Kier alpha value is 0.110. The number of hydrogen-bond donors (Lipinski definition) is 1. The summed E-state index contributed by atoms with van der Waals surface area (Å²) in [6.07, 6.45) is 0. The molecule has 1 heterocycles. The topological polar surface area (TPSA) is 12.0 Å². The van der Waals surface area contributed by atoms with Gasteiger partial charge in [-0.05, 0) is 24.6 Å². The summed E-state index contributed by atoms with van der Waals surface area (Å²) in [6.45, 7) is 7.61. The molecule has 3 unspecified atom stereocenters.